The predicted molar refractivity (Wildman–Crippen MR) is 113 cm³/mol. The van der Waals surface area contributed by atoms with Crippen LogP contribution in [0.4, 0.5) is 0 Å². The van der Waals surface area contributed by atoms with Crippen molar-refractivity contribution >= 4 is 0 Å². The van der Waals surface area contributed by atoms with Crippen LogP contribution in [-0.2, 0) is 23.7 Å². The number of nitrogens with zero attached hydrogens (tertiary/aromatic N) is 1. The third-order valence-corrected chi connectivity index (χ3v) is 4.29. The zero-order valence-corrected chi connectivity index (χ0v) is 19.8. The molecule has 1 aliphatic rings. The number of hydrogen-bond acceptors (Lipinski definition) is 6. The standard InChI is InChI=1S/C22H45NO5/c1-14(2)24-12-11-23-13-19(25-15(3)4)20(26-16(5)6)21(27-17(7)8)22(23)28-18(9)10/h14-22H,11-13H2,1-10H3. The minimum absolute atomic E-state index is 0.0630. The van der Waals surface area contributed by atoms with Crippen molar-refractivity contribution in [2.45, 2.75) is 124 Å². The van der Waals surface area contributed by atoms with Crippen molar-refractivity contribution in [2.24, 2.45) is 0 Å². The summed E-state index contributed by atoms with van der Waals surface area (Å²) in [6, 6.07) is 0. The second-order valence-electron chi connectivity index (χ2n) is 9.01. The first-order valence-electron chi connectivity index (χ1n) is 11.0. The number of likely N-dealkylation sites (tertiary alicyclic amines) is 1. The molecule has 0 aromatic carbocycles. The molecular weight excluding hydrogens is 358 g/mol. The van der Waals surface area contributed by atoms with Crippen molar-refractivity contribution < 1.29 is 23.7 Å². The monoisotopic (exact) mass is 403 g/mol. The predicted octanol–water partition coefficient (Wildman–Crippen LogP) is 3.86. The lowest BCUT2D eigenvalue weighted by Crippen LogP contribution is -2.66. The molecule has 0 aromatic heterocycles. The fourth-order valence-corrected chi connectivity index (χ4v) is 3.50. The molecule has 4 atom stereocenters. The average molecular weight is 404 g/mol. The van der Waals surface area contributed by atoms with Crippen LogP contribution in [0, 0.1) is 0 Å². The van der Waals surface area contributed by atoms with E-state index < -0.39 is 0 Å². The molecule has 0 spiro atoms. The maximum Gasteiger partial charge on any atom is 0.140 e. The number of hydrogen-bond donors (Lipinski definition) is 0. The van der Waals surface area contributed by atoms with Crippen LogP contribution >= 0.6 is 0 Å². The van der Waals surface area contributed by atoms with Crippen LogP contribution in [0.1, 0.15) is 69.2 Å². The van der Waals surface area contributed by atoms with Crippen molar-refractivity contribution in [3.63, 3.8) is 0 Å². The van der Waals surface area contributed by atoms with Gasteiger partial charge in [-0.3, -0.25) is 4.90 Å². The molecule has 6 heteroatoms. The third kappa shape index (κ3) is 9.06. The van der Waals surface area contributed by atoms with Gasteiger partial charge in [-0.05, 0) is 69.2 Å². The molecule has 4 unspecified atom stereocenters. The highest BCUT2D eigenvalue weighted by atomic mass is 16.6. The molecule has 0 radical (unpaired) electrons. The van der Waals surface area contributed by atoms with E-state index in [0.29, 0.717) is 6.61 Å². The molecule has 0 N–H and O–H groups in total. The van der Waals surface area contributed by atoms with Crippen LogP contribution in [-0.4, -0.2) is 79.7 Å². The lowest BCUT2D eigenvalue weighted by molar-refractivity contribution is -0.271. The van der Waals surface area contributed by atoms with E-state index in [4.69, 9.17) is 23.7 Å². The fourth-order valence-electron chi connectivity index (χ4n) is 3.50. The molecule has 1 saturated heterocycles. The van der Waals surface area contributed by atoms with Gasteiger partial charge >= 0.3 is 0 Å². The Kier molecular flexibility index (Phi) is 11.5. The highest BCUT2D eigenvalue weighted by Gasteiger charge is 2.47. The first-order valence-corrected chi connectivity index (χ1v) is 11.0. The van der Waals surface area contributed by atoms with Gasteiger partial charge in [-0.25, -0.2) is 0 Å². The van der Waals surface area contributed by atoms with Gasteiger partial charge < -0.3 is 23.7 Å². The summed E-state index contributed by atoms with van der Waals surface area (Å²) < 4.78 is 31.2. The topological polar surface area (TPSA) is 49.4 Å². The zero-order valence-electron chi connectivity index (χ0n) is 19.8. The Balaban J connectivity index is 3.15. The molecule has 0 saturated carbocycles. The van der Waals surface area contributed by atoms with E-state index in [9.17, 15) is 0 Å². The summed E-state index contributed by atoms with van der Waals surface area (Å²) in [7, 11) is 0. The molecule has 1 aliphatic heterocycles. The Morgan fingerprint density at radius 3 is 1.61 bits per heavy atom. The van der Waals surface area contributed by atoms with Crippen molar-refractivity contribution in [3.8, 4) is 0 Å². The van der Waals surface area contributed by atoms with Crippen molar-refractivity contribution in [1.29, 1.82) is 0 Å². The molecule has 168 valence electrons. The smallest absolute Gasteiger partial charge is 0.140 e. The molecule has 0 bridgehead atoms. The van der Waals surface area contributed by atoms with Gasteiger partial charge in [0.1, 0.15) is 18.4 Å². The quantitative estimate of drug-likeness (QED) is 0.493. The third-order valence-electron chi connectivity index (χ3n) is 4.29. The summed E-state index contributed by atoms with van der Waals surface area (Å²) in [5.41, 5.74) is 0. The highest BCUT2D eigenvalue weighted by Crippen LogP contribution is 2.30. The Morgan fingerprint density at radius 1 is 0.643 bits per heavy atom. The minimum Gasteiger partial charge on any atom is -0.377 e. The molecule has 0 aromatic rings. The van der Waals surface area contributed by atoms with E-state index >= 15 is 0 Å². The molecule has 1 heterocycles. The lowest BCUT2D eigenvalue weighted by Gasteiger charge is -2.49. The average Bonchev–Trinajstić information content (AvgIpc) is 2.51. The summed E-state index contributed by atoms with van der Waals surface area (Å²) in [6.45, 7) is 22.7. The largest absolute Gasteiger partial charge is 0.377 e. The first-order chi connectivity index (χ1) is 13.0. The maximum absolute atomic E-state index is 6.38. The van der Waals surface area contributed by atoms with E-state index in [1.54, 1.807) is 0 Å². The fraction of sp³-hybridized carbons (Fsp3) is 1.00. The number of ether oxygens (including phenoxy) is 5. The summed E-state index contributed by atoms with van der Waals surface area (Å²) in [4.78, 5) is 2.29. The van der Waals surface area contributed by atoms with Crippen LogP contribution in [0.15, 0.2) is 0 Å². The van der Waals surface area contributed by atoms with Gasteiger partial charge in [0, 0.05) is 13.1 Å². The summed E-state index contributed by atoms with van der Waals surface area (Å²) in [5, 5.41) is 0. The van der Waals surface area contributed by atoms with Gasteiger partial charge in [-0.15, -0.1) is 0 Å². The molecule has 0 amide bonds. The van der Waals surface area contributed by atoms with Crippen LogP contribution < -0.4 is 0 Å². The van der Waals surface area contributed by atoms with Gasteiger partial charge in [-0.2, -0.15) is 0 Å². The van der Waals surface area contributed by atoms with Crippen LogP contribution in [0.5, 0.6) is 0 Å². The van der Waals surface area contributed by atoms with Crippen LogP contribution in [0.25, 0.3) is 0 Å². The zero-order chi connectivity index (χ0) is 21.4. The van der Waals surface area contributed by atoms with Crippen LogP contribution in [0.2, 0.25) is 0 Å². The van der Waals surface area contributed by atoms with Gasteiger partial charge in [0.05, 0.1) is 43.2 Å². The van der Waals surface area contributed by atoms with Crippen LogP contribution in [0.3, 0.4) is 0 Å². The van der Waals surface area contributed by atoms with Gasteiger partial charge in [-0.1, -0.05) is 0 Å². The first kappa shape index (κ1) is 25.8. The Bertz CT molecular complexity index is 414. The lowest BCUT2D eigenvalue weighted by atomic mass is 9.98. The van der Waals surface area contributed by atoms with E-state index in [-0.39, 0.29) is 55.1 Å². The molecule has 28 heavy (non-hydrogen) atoms. The second kappa shape index (κ2) is 12.5. The normalized spacial score (nSPS) is 27.1. The Labute approximate surface area is 173 Å². The highest BCUT2D eigenvalue weighted by molar-refractivity contribution is 4.95. The second-order valence-corrected chi connectivity index (χ2v) is 9.01. The van der Waals surface area contributed by atoms with Crippen molar-refractivity contribution in [3.05, 3.63) is 0 Å². The van der Waals surface area contributed by atoms with E-state index in [0.717, 1.165) is 13.1 Å². The molecule has 1 fully saturated rings. The molecule has 6 nitrogen and oxygen atoms in total. The summed E-state index contributed by atoms with van der Waals surface area (Å²) >= 11 is 0. The van der Waals surface area contributed by atoms with Gasteiger partial charge in [0.2, 0.25) is 0 Å². The molecule has 1 rings (SSSR count). The molecular formula is C22H45NO5. The summed E-state index contributed by atoms with van der Waals surface area (Å²) in [6.07, 6.45) is -0.163. The number of piperidine rings is 1. The minimum atomic E-state index is -0.235. The SMILES string of the molecule is CC(C)OCCN1CC(OC(C)C)C(OC(C)C)C(OC(C)C)C1OC(C)C. The van der Waals surface area contributed by atoms with E-state index in [1.165, 1.54) is 0 Å². The van der Waals surface area contributed by atoms with E-state index in [1.807, 2.05) is 0 Å². The van der Waals surface area contributed by atoms with Gasteiger partial charge in [0.15, 0.2) is 0 Å². The Hall–Kier alpha value is -0.240. The van der Waals surface area contributed by atoms with E-state index in [2.05, 4.69) is 74.1 Å². The summed E-state index contributed by atoms with van der Waals surface area (Å²) in [5.74, 6) is 0. The number of rotatable bonds is 12. The van der Waals surface area contributed by atoms with Crippen molar-refractivity contribution in [1.82, 2.24) is 4.90 Å². The Morgan fingerprint density at radius 2 is 1.14 bits per heavy atom. The van der Waals surface area contributed by atoms with Gasteiger partial charge in [0.25, 0.3) is 0 Å². The maximum atomic E-state index is 6.38. The molecule has 0 aliphatic carbocycles. The van der Waals surface area contributed by atoms with Crippen molar-refractivity contribution in [2.75, 3.05) is 19.7 Å².